The van der Waals surface area contributed by atoms with E-state index in [2.05, 4.69) is 12.2 Å². The summed E-state index contributed by atoms with van der Waals surface area (Å²) in [5.74, 6) is 2.35. The largest absolute Gasteiger partial charge is 0.396 e. The van der Waals surface area contributed by atoms with Crippen molar-refractivity contribution in [2.24, 2.45) is 22.9 Å². The van der Waals surface area contributed by atoms with Crippen molar-refractivity contribution < 1.29 is 8.42 Å². The van der Waals surface area contributed by atoms with Gasteiger partial charge in [-0.1, -0.05) is 12.5 Å². The van der Waals surface area contributed by atoms with Crippen molar-refractivity contribution in [3.05, 3.63) is 18.2 Å². The fourth-order valence-electron chi connectivity index (χ4n) is 4.18. The minimum absolute atomic E-state index is 0.00681. The number of nitrogens with one attached hydrogen (secondary N) is 1. The van der Waals surface area contributed by atoms with Crippen molar-refractivity contribution in [3.63, 3.8) is 0 Å². The number of nitrogens with two attached hydrogens (primary N) is 2. The van der Waals surface area contributed by atoms with Crippen LogP contribution >= 0.6 is 0 Å². The van der Waals surface area contributed by atoms with E-state index in [1.54, 1.807) is 6.07 Å². The van der Waals surface area contributed by atoms with Crippen LogP contribution in [0.2, 0.25) is 0 Å². The van der Waals surface area contributed by atoms with E-state index in [1.165, 1.54) is 31.7 Å². The number of anilines is 2. The van der Waals surface area contributed by atoms with E-state index in [9.17, 15) is 8.42 Å². The molecule has 0 aliphatic heterocycles. The van der Waals surface area contributed by atoms with Crippen molar-refractivity contribution in [3.8, 4) is 0 Å². The molecule has 2 aliphatic carbocycles. The molecule has 2 bridgehead atoms. The average molecular weight is 309 g/mol. The lowest BCUT2D eigenvalue weighted by atomic mass is 9.84. The molecule has 6 heteroatoms. The normalized spacial score (nSPS) is 29.5. The van der Waals surface area contributed by atoms with Crippen molar-refractivity contribution in [2.75, 3.05) is 11.1 Å². The molecular weight excluding hydrogens is 286 g/mol. The second-order valence-corrected chi connectivity index (χ2v) is 8.06. The van der Waals surface area contributed by atoms with Gasteiger partial charge in [-0.3, -0.25) is 0 Å². The number of benzene rings is 1. The number of hydrogen-bond donors (Lipinski definition) is 3. The lowest BCUT2D eigenvalue weighted by Gasteiger charge is -2.29. The third kappa shape index (κ3) is 2.74. The molecule has 4 unspecified atom stereocenters. The summed E-state index contributed by atoms with van der Waals surface area (Å²) < 4.78 is 23.0. The van der Waals surface area contributed by atoms with Crippen molar-refractivity contribution in [1.29, 1.82) is 0 Å². The zero-order valence-electron chi connectivity index (χ0n) is 12.2. The van der Waals surface area contributed by atoms with E-state index in [0.717, 1.165) is 11.8 Å². The third-order valence-corrected chi connectivity index (χ3v) is 6.16. The van der Waals surface area contributed by atoms with E-state index < -0.39 is 10.0 Å². The van der Waals surface area contributed by atoms with Crippen molar-refractivity contribution >= 4 is 21.4 Å². The van der Waals surface area contributed by atoms with Crippen molar-refractivity contribution in [2.45, 2.75) is 43.5 Å². The maximum atomic E-state index is 11.5. The zero-order valence-corrected chi connectivity index (χ0v) is 13.1. The summed E-state index contributed by atoms with van der Waals surface area (Å²) in [7, 11) is -3.78. The first-order chi connectivity index (χ1) is 9.86. The van der Waals surface area contributed by atoms with E-state index in [4.69, 9.17) is 10.9 Å². The summed E-state index contributed by atoms with van der Waals surface area (Å²) in [6.07, 6.45) is 5.32. The van der Waals surface area contributed by atoms with Crippen LogP contribution in [0.1, 0.15) is 32.6 Å². The quantitative estimate of drug-likeness (QED) is 0.742. The topological polar surface area (TPSA) is 98.2 Å². The minimum atomic E-state index is -3.78. The summed E-state index contributed by atoms with van der Waals surface area (Å²) in [6.45, 7) is 2.16. The summed E-state index contributed by atoms with van der Waals surface area (Å²) in [5, 5.41) is 8.60. The van der Waals surface area contributed by atoms with E-state index in [0.29, 0.717) is 17.6 Å². The average Bonchev–Trinajstić information content (AvgIpc) is 3.02. The van der Waals surface area contributed by atoms with E-state index in [1.807, 2.05) is 6.07 Å². The van der Waals surface area contributed by atoms with Gasteiger partial charge in [0, 0.05) is 6.04 Å². The SMILES string of the molecule is CC(Nc1cccc(S(N)(=O)=O)c1N)C1CC2CCC1C2. The second kappa shape index (κ2) is 5.18. The number of para-hydroxylation sites is 1. The van der Waals surface area contributed by atoms with Crippen LogP contribution in [0, 0.1) is 17.8 Å². The van der Waals surface area contributed by atoms with Gasteiger partial charge in [0.2, 0.25) is 10.0 Å². The van der Waals surface area contributed by atoms with E-state index >= 15 is 0 Å². The molecule has 21 heavy (non-hydrogen) atoms. The Morgan fingerprint density at radius 2 is 2.05 bits per heavy atom. The number of sulfonamides is 1. The molecular formula is C15H23N3O2S. The Labute approximate surface area is 126 Å². The Kier molecular flexibility index (Phi) is 3.61. The first kappa shape index (κ1) is 14.7. The van der Waals surface area contributed by atoms with Crippen LogP contribution in [0.4, 0.5) is 11.4 Å². The van der Waals surface area contributed by atoms with Gasteiger partial charge >= 0.3 is 0 Å². The zero-order chi connectivity index (χ0) is 15.2. The van der Waals surface area contributed by atoms with Gasteiger partial charge in [0.1, 0.15) is 4.90 Å². The Bertz CT molecular complexity index is 644. The van der Waals surface area contributed by atoms with Gasteiger partial charge in [-0.05, 0) is 56.1 Å². The molecule has 0 heterocycles. The Balaban J connectivity index is 1.79. The molecule has 0 amide bonds. The maximum absolute atomic E-state index is 11.5. The summed E-state index contributed by atoms with van der Waals surface area (Å²) >= 11 is 0. The monoisotopic (exact) mass is 309 g/mol. The number of fused-ring (bicyclic) bond motifs is 2. The smallest absolute Gasteiger partial charge is 0.240 e. The molecule has 0 saturated heterocycles. The highest BCUT2D eigenvalue weighted by Crippen LogP contribution is 2.50. The van der Waals surface area contributed by atoms with Crippen LogP contribution in [0.25, 0.3) is 0 Å². The van der Waals surface area contributed by atoms with Gasteiger partial charge in [-0.25, -0.2) is 13.6 Å². The number of hydrogen-bond acceptors (Lipinski definition) is 4. The van der Waals surface area contributed by atoms with Gasteiger partial charge in [0.15, 0.2) is 0 Å². The molecule has 3 rings (SSSR count). The number of rotatable bonds is 4. The van der Waals surface area contributed by atoms with Gasteiger partial charge in [-0.2, -0.15) is 0 Å². The molecule has 5 N–H and O–H groups in total. The molecule has 0 radical (unpaired) electrons. The van der Waals surface area contributed by atoms with Crippen molar-refractivity contribution in [1.82, 2.24) is 0 Å². The van der Waals surface area contributed by atoms with Crippen LogP contribution in [-0.4, -0.2) is 14.5 Å². The molecule has 2 saturated carbocycles. The molecule has 2 fully saturated rings. The standard InChI is InChI=1S/C15H23N3O2S/c1-9(12-8-10-5-6-11(12)7-10)18-13-3-2-4-14(15(13)16)21(17,19)20/h2-4,9-12,18H,5-8,16H2,1H3,(H2,17,19,20). The molecule has 2 aliphatic rings. The number of nitrogen functional groups attached to an aromatic ring is 1. The Hall–Kier alpha value is -1.27. The summed E-state index contributed by atoms with van der Waals surface area (Å²) in [4.78, 5) is -0.00681. The summed E-state index contributed by atoms with van der Waals surface area (Å²) in [6, 6.07) is 5.22. The summed E-state index contributed by atoms with van der Waals surface area (Å²) in [5.41, 5.74) is 6.85. The first-order valence-electron chi connectivity index (χ1n) is 7.54. The highest BCUT2D eigenvalue weighted by atomic mass is 32.2. The van der Waals surface area contributed by atoms with Crippen LogP contribution in [0.3, 0.4) is 0 Å². The van der Waals surface area contributed by atoms with Gasteiger partial charge in [0.25, 0.3) is 0 Å². The number of primary sulfonamides is 1. The highest BCUT2D eigenvalue weighted by Gasteiger charge is 2.41. The lowest BCUT2D eigenvalue weighted by molar-refractivity contribution is 0.304. The highest BCUT2D eigenvalue weighted by molar-refractivity contribution is 7.89. The maximum Gasteiger partial charge on any atom is 0.240 e. The van der Waals surface area contributed by atoms with Crippen LogP contribution in [0.15, 0.2) is 23.1 Å². The second-order valence-electron chi connectivity index (χ2n) is 6.53. The third-order valence-electron chi connectivity index (χ3n) is 5.19. The minimum Gasteiger partial charge on any atom is -0.396 e. The molecule has 5 nitrogen and oxygen atoms in total. The fourth-order valence-corrected chi connectivity index (χ4v) is 4.86. The molecule has 0 spiro atoms. The Morgan fingerprint density at radius 1 is 1.29 bits per heavy atom. The van der Waals surface area contributed by atoms with Gasteiger partial charge < -0.3 is 11.1 Å². The van der Waals surface area contributed by atoms with Crippen LogP contribution < -0.4 is 16.2 Å². The predicted octanol–water partition coefficient (Wildman–Crippen LogP) is 2.15. The predicted molar refractivity (Wildman–Crippen MR) is 84.3 cm³/mol. The first-order valence-corrected chi connectivity index (χ1v) is 9.08. The van der Waals surface area contributed by atoms with Gasteiger partial charge in [-0.15, -0.1) is 0 Å². The fraction of sp³-hybridized carbons (Fsp3) is 0.600. The Morgan fingerprint density at radius 3 is 2.62 bits per heavy atom. The van der Waals surface area contributed by atoms with Gasteiger partial charge in [0.05, 0.1) is 11.4 Å². The van der Waals surface area contributed by atoms with Crippen LogP contribution in [-0.2, 0) is 10.0 Å². The van der Waals surface area contributed by atoms with Crippen LogP contribution in [0.5, 0.6) is 0 Å². The lowest BCUT2D eigenvalue weighted by Crippen LogP contribution is -2.30. The molecule has 116 valence electrons. The van der Waals surface area contributed by atoms with E-state index in [-0.39, 0.29) is 10.6 Å². The molecule has 4 atom stereocenters. The molecule has 1 aromatic carbocycles. The molecule has 1 aromatic rings. The molecule has 0 aromatic heterocycles.